The molecule has 0 aliphatic rings. The molecule has 0 radical (unpaired) electrons. The van der Waals surface area contributed by atoms with Gasteiger partial charge in [-0.25, -0.2) is 0 Å². The van der Waals surface area contributed by atoms with Crippen LogP contribution < -0.4 is 5.46 Å². The monoisotopic (exact) mass is 216 g/mol. The Morgan fingerprint density at radius 2 is 1.94 bits per heavy atom. The van der Waals surface area contributed by atoms with E-state index < -0.39 is 7.12 Å². The van der Waals surface area contributed by atoms with Gasteiger partial charge in [0.1, 0.15) is 0 Å². The zero-order chi connectivity index (χ0) is 11.5. The molecule has 5 heteroatoms. The van der Waals surface area contributed by atoms with Crippen molar-refractivity contribution in [2.75, 3.05) is 0 Å². The average molecular weight is 216 g/mol. The molecule has 0 aliphatic heterocycles. The van der Waals surface area contributed by atoms with Crippen LogP contribution in [-0.4, -0.2) is 26.9 Å². The molecule has 1 aromatic heterocycles. The van der Waals surface area contributed by atoms with E-state index in [1.54, 1.807) is 17.9 Å². The number of hydrogen-bond acceptors (Lipinski definition) is 3. The van der Waals surface area contributed by atoms with Crippen LogP contribution in [-0.2, 0) is 13.5 Å². The summed E-state index contributed by atoms with van der Waals surface area (Å²) >= 11 is 0. The lowest BCUT2D eigenvalue weighted by Gasteiger charge is -2.01. The Kier molecular flexibility index (Phi) is 3.08. The molecule has 0 spiro atoms. The second kappa shape index (κ2) is 4.51. The predicted octanol–water partition coefficient (Wildman–Crippen LogP) is -0.309. The minimum atomic E-state index is -1.47. The highest BCUT2D eigenvalue weighted by Crippen LogP contribution is 2.05. The van der Waals surface area contributed by atoms with Crippen molar-refractivity contribution in [1.82, 2.24) is 9.78 Å². The topological polar surface area (TPSA) is 58.3 Å². The van der Waals surface area contributed by atoms with E-state index in [4.69, 9.17) is 0 Å². The molecule has 0 saturated carbocycles. The summed E-state index contributed by atoms with van der Waals surface area (Å²) in [6.07, 6.45) is 2.23. The van der Waals surface area contributed by atoms with E-state index in [2.05, 4.69) is 5.10 Å². The molecule has 2 N–H and O–H groups in total. The van der Waals surface area contributed by atoms with Crippen LogP contribution in [0.3, 0.4) is 0 Å². The van der Waals surface area contributed by atoms with Crippen molar-refractivity contribution in [2.45, 2.75) is 6.42 Å². The van der Waals surface area contributed by atoms with Gasteiger partial charge < -0.3 is 10.0 Å². The summed E-state index contributed by atoms with van der Waals surface area (Å²) in [4.78, 5) is 0. The van der Waals surface area contributed by atoms with Gasteiger partial charge >= 0.3 is 7.12 Å². The fourth-order valence-electron chi connectivity index (χ4n) is 1.70. The molecule has 0 unspecified atom stereocenters. The van der Waals surface area contributed by atoms with Crippen LogP contribution in [0.5, 0.6) is 0 Å². The first-order valence-corrected chi connectivity index (χ1v) is 5.09. The van der Waals surface area contributed by atoms with Gasteiger partial charge in [0, 0.05) is 25.1 Å². The van der Waals surface area contributed by atoms with Crippen molar-refractivity contribution in [3.05, 3.63) is 47.8 Å². The van der Waals surface area contributed by atoms with E-state index in [0.717, 1.165) is 5.56 Å². The Balaban J connectivity index is 2.28. The number of hydrogen-bond donors (Lipinski definition) is 2. The zero-order valence-corrected chi connectivity index (χ0v) is 9.04. The SMILES string of the molecule is Cn1cc(B(O)O)c(Cc2ccccc2)n1. The first-order chi connectivity index (χ1) is 7.66. The van der Waals surface area contributed by atoms with Crippen LogP contribution in [0.4, 0.5) is 0 Å². The van der Waals surface area contributed by atoms with Crippen LogP contribution in [0.15, 0.2) is 36.5 Å². The minimum absolute atomic E-state index is 0.464. The molecule has 4 nitrogen and oxygen atoms in total. The maximum atomic E-state index is 9.20. The Morgan fingerprint density at radius 1 is 1.25 bits per heavy atom. The number of benzene rings is 1. The standard InChI is InChI=1S/C11H13BN2O2/c1-14-8-10(12(15)16)11(13-14)7-9-5-3-2-4-6-9/h2-6,8,15-16H,7H2,1H3. The van der Waals surface area contributed by atoms with Crippen molar-refractivity contribution in [2.24, 2.45) is 7.05 Å². The fourth-order valence-corrected chi connectivity index (χ4v) is 1.70. The van der Waals surface area contributed by atoms with Crippen LogP contribution in [0, 0.1) is 0 Å². The van der Waals surface area contributed by atoms with E-state index in [1.807, 2.05) is 30.3 Å². The van der Waals surface area contributed by atoms with Crippen LogP contribution >= 0.6 is 0 Å². The highest BCUT2D eigenvalue weighted by molar-refractivity contribution is 6.59. The summed E-state index contributed by atoms with van der Waals surface area (Å²) in [6, 6.07) is 9.83. The van der Waals surface area contributed by atoms with Crippen molar-refractivity contribution in [3.63, 3.8) is 0 Å². The largest absolute Gasteiger partial charge is 0.491 e. The lowest BCUT2D eigenvalue weighted by Crippen LogP contribution is -2.31. The third-order valence-electron chi connectivity index (χ3n) is 2.43. The van der Waals surface area contributed by atoms with Gasteiger partial charge in [-0.2, -0.15) is 5.10 Å². The van der Waals surface area contributed by atoms with Gasteiger partial charge in [-0.05, 0) is 5.56 Å². The molecular weight excluding hydrogens is 203 g/mol. The van der Waals surface area contributed by atoms with E-state index in [-0.39, 0.29) is 0 Å². The Morgan fingerprint density at radius 3 is 2.56 bits per heavy atom. The number of rotatable bonds is 3. The number of aromatic nitrogens is 2. The van der Waals surface area contributed by atoms with Gasteiger partial charge in [0.2, 0.25) is 0 Å². The molecule has 2 aromatic rings. The van der Waals surface area contributed by atoms with Crippen molar-refractivity contribution < 1.29 is 10.0 Å². The minimum Gasteiger partial charge on any atom is -0.423 e. The summed E-state index contributed by atoms with van der Waals surface area (Å²) in [5.41, 5.74) is 2.26. The van der Waals surface area contributed by atoms with Crippen LogP contribution in [0.2, 0.25) is 0 Å². The maximum absolute atomic E-state index is 9.20. The van der Waals surface area contributed by atoms with E-state index in [1.165, 1.54) is 0 Å². The smallest absolute Gasteiger partial charge is 0.423 e. The molecule has 0 bridgehead atoms. The summed E-state index contributed by atoms with van der Waals surface area (Å²) in [5, 5.41) is 22.6. The normalized spacial score (nSPS) is 10.4. The second-order valence-corrected chi connectivity index (χ2v) is 3.74. The Bertz CT molecular complexity index is 468. The van der Waals surface area contributed by atoms with Gasteiger partial charge in [-0.3, -0.25) is 4.68 Å². The highest BCUT2D eigenvalue weighted by Gasteiger charge is 2.19. The quantitative estimate of drug-likeness (QED) is 0.692. The van der Waals surface area contributed by atoms with Crippen LogP contribution in [0.25, 0.3) is 0 Å². The lowest BCUT2D eigenvalue weighted by atomic mass is 9.79. The van der Waals surface area contributed by atoms with E-state index in [9.17, 15) is 10.0 Å². The first kappa shape index (κ1) is 10.9. The molecule has 0 atom stereocenters. The molecule has 1 heterocycles. The zero-order valence-electron chi connectivity index (χ0n) is 9.04. The molecule has 2 rings (SSSR count). The molecule has 0 fully saturated rings. The third-order valence-corrected chi connectivity index (χ3v) is 2.43. The number of nitrogens with zero attached hydrogens (tertiary/aromatic N) is 2. The average Bonchev–Trinajstić information content (AvgIpc) is 2.61. The van der Waals surface area contributed by atoms with E-state index in [0.29, 0.717) is 17.6 Å². The second-order valence-electron chi connectivity index (χ2n) is 3.74. The van der Waals surface area contributed by atoms with Gasteiger partial charge in [0.15, 0.2) is 0 Å². The molecule has 0 amide bonds. The van der Waals surface area contributed by atoms with Gasteiger partial charge in [-0.1, -0.05) is 30.3 Å². The maximum Gasteiger partial charge on any atom is 0.491 e. The Hall–Kier alpha value is -1.59. The fraction of sp³-hybridized carbons (Fsp3) is 0.182. The van der Waals surface area contributed by atoms with Crippen molar-refractivity contribution in [1.29, 1.82) is 0 Å². The summed E-state index contributed by atoms with van der Waals surface area (Å²) in [6.45, 7) is 0. The number of aryl methyl sites for hydroxylation is 1. The van der Waals surface area contributed by atoms with E-state index >= 15 is 0 Å². The summed E-state index contributed by atoms with van der Waals surface area (Å²) < 4.78 is 1.59. The van der Waals surface area contributed by atoms with Crippen molar-refractivity contribution >= 4 is 12.6 Å². The summed E-state index contributed by atoms with van der Waals surface area (Å²) in [7, 11) is 0.299. The van der Waals surface area contributed by atoms with Gasteiger partial charge in [-0.15, -0.1) is 0 Å². The summed E-state index contributed by atoms with van der Waals surface area (Å²) in [5.74, 6) is 0. The van der Waals surface area contributed by atoms with Gasteiger partial charge in [0.25, 0.3) is 0 Å². The Labute approximate surface area is 94.3 Å². The predicted molar refractivity (Wildman–Crippen MR) is 62.3 cm³/mol. The molecule has 1 aromatic carbocycles. The first-order valence-electron chi connectivity index (χ1n) is 5.09. The van der Waals surface area contributed by atoms with Crippen molar-refractivity contribution in [3.8, 4) is 0 Å². The third kappa shape index (κ3) is 2.32. The molecular formula is C11H13BN2O2. The highest BCUT2D eigenvalue weighted by atomic mass is 16.4. The molecule has 82 valence electrons. The van der Waals surface area contributed by atoms with Gasteiger partial charge in [0.05, 0.1) is 5.69 Å². The van der Waals surface area contributed by atoms with Crippen LogP contribution in [0.1, 0.15) is 11.3 Å². The molecule has 0 saturated heterocycles. The molecule has 0 aliphatic carbocycles. The lowest BCUT2D eigenvalue weighted by molar-refractivity contribution is 0.425. The molecule has 16 heavy (non-hydrogen) atoms.